The summed E-state index contributed by atoms with van der Waals surface area (Å²) in [6.07, 6.45) is 2.63. The molecular formula is C23H25ClFN3O6. The van der Waals surface area contributed by atoms with Crippen molar-refractivity contribution in [1.82, 2.24) is 14.8 Å². The number of carbonyl (C=O) groups excluding carboxylic acids is 2. The van der Waals surface area contributed by atoms with Gasteiger partial charge < -0.3 is 29.4 Å². The number of halogens is 2. The number of hydrogen-bond donors (Lipinski definition) is 2. The van der Waals surface area contributed by atoms with E-state index in [-0.39, 0.29) is 40.1 Å². The Hall–Kier alpha value is -3.11. The lowest BCUT2D eigenvalue weighted by Crippen LogP contribution is -2.60. The quantitative estimate of drug-likeness (QED) is 0.638. The molecule has 0 saturated heterocycles. The van der Waals surface area contributed by atoms with E-state index >= 15 is 0 Å². The minimum atomic E-state index is -0.969. The maximum atomic E-state index is 14.5. The number of pyridine rings is 1. The molecule has 2 heterocycles. The monoisotopic (exact) mass is 493 g/mol. The molecule has 4 rings (SSSR count). The number of rotatable bonds is 6. The first-order chi connectivity index (χ1) is 16.1. The molecule has 9 nitrogen and oxygen atoms in total. The van der Waals surface area contributed by atoms with Crippen LogP contribution in [0.15, 0.2) is 23.1 Å². The fraction of sp³-hybridized carbons (Fsp3) is 0.435. The van der Waals surface area contributed by atoms with Crippen LogP contribution in [0.5, 0.6) is 11.5 Å². The van der Waals surface area contributed by atoms with Gasteiger partial charge in [0.05, 0.1) is 12.6 Å². The van der Waals surface area contributed by atoms with Crippen LogP contribution in [-0.4, -0.2) is 60.8 Å². The summed E-state index contributed by atoms with van der Waals surface area (Å²) in [7, 11) is 4.57. The maximum Gasteiger partial charge on any atom is 0.274 e. The Morgan fingerprint density at radius 1 is 1.32 bits per heavy atom. The largest absolute Gasteiger partial charge is 0.503 e. The number of amides is 2. The number of nitrogens with one attached hydrogen (secondary N) is 1. The number of benzene rings is 1. The van der Waals surface area contributed by atoms with Crippen molar-refractivity contribution in [2.24, 2.45) is 5.92 Å². The summed E-state index contributed by atoms with van der Waals surface area (Å²) in [4.78, 5) is 39.9. The number of hydrogen-bond acceptors (Lipinski definition) is 6. The van der Waals surface area contributed by atoms with Crippen LogP contribution in [0, 0.1) is 11.7 Å². The molecule has 2 amide bonds. The van der Waals surface area contributed by atoms with Crippen molar-refractivity contribution < 1.29 is 28.6 Å². The highest BCUT2D eigenvalue weighted by Gasteiger charge is 2.51. The zero-order valence-corrected chi connectivity index (χ0v) is 19.7. The van der Waals surface area contributed by atoms with Gasteiger partial charge in [0.15, 0.2) is 17.3 Å². The van der Waals surface area contributed by atoms with E-state index in [1.807, 2.05) is 0 Å². The van der Waals surface area contributed by atoms with E-state index in [9.17, 15) is 23.9 Å². The summed E-state index contributed by atoms with van der Waals surface area (Å²) < 4.78 is 26.2. The third kappa shape index (κ3) is 3.80. The van der Waals surface area contributed by atoms with E-state index in [1.54, 1.807) is 18.7 Å². The summed E-state index contributed by atoms with van der Waals surface area (Å²) in [6, 6.07) is 2.87. The van der Waals surface area contributed by atoms with Crippen molar-refractivity contribution >= 4 is 23.4 Å². The maximum absolute atomic E-state index is 14.5. The second-order valence-corrected chi connectivity index (χ2v) is 9.17. The van der Waals surface area contributed by atoms with Crippen LogP contribution in [-0.2, 0) is 16.8 Å². The van der Waals surface area contributed by atoms with Crippen LogP contribution in [0.3, 0.4) is 0 Å². The van der Waals surface area contributed by atoms with E-state index in [1.165, 1.54) is 30.3 Å². The lowest BCUT2D eigenvalue weighted by atomic mass is 9.67. The van der Waals surface area contributed by atoms with Crippen LogP contribution in [0.25, 0.3) is 0 Å². The zero-order chi connectivity index (χ0) is 24.8. The predicted octanol–water partition coefficient (Wildman–Crippen LogP) is 2.12. The predicted molar refractivity (Wildman–Crippen MR) is 121 cm³/mol. The van der Waals surface area contributed by atoms with E-state index in [4.69, 9.17) is 21.1 Å². The molecular weight excluding hydrogens is 469 g/mol. The van der Waals surface area contributed by atoms with Gasteiger partial charge in [-0.1, -0.05) is 17.7 Å². The molecule has 1 aromatic heterocycles. The number of nitrogens with zero attached hydrogens (tertiary/aromatic N) is 2. The molecule has 1 saturated carbocycles. The SMILES string of the molecule is COC[C@H]1C[C@]2(CN(C)C(=O)c3c(O)c(=O)c(C(=O)NCc4ccc(OC)c(Cl)c4F)cn32)C1. The third-order valence-electron chi connectivity index (χ3n) is 6.55. The Bertz CT molecular complexity index is 1220. The summed E-state index contributed by atoms with van der Waals surface area (Å²) in [5, 5.41) is 12.9. The normalized spacial score (nSPS) is 21.3. The standard InChI is InChI=1S/C23H25ClFN3O6/c1-27-11-23(6-12(7-23)10-33-2)28-9-14(19(29)20(30)18(28)22(27)32)21(31)26-8-13-4-5-15(34-3)16(24)17(13)25/h4-5,9,12,30H,6-8,10-11H2,1-3H3,(H,26,31)/t12-,23+. The summed E-state index contributed by atoms with van der Waals surface area (Å²) in [5.41, 5.74) is -1.91. The van der Waals surface area contributed by atoms with Crippen molar-refractivity contribution in [1.29, 1.82) is 0 Å². The Labute approximate surface area is 200 Å². The molecule has 1 fully saturated rings. The molecule has 1 aliphatic heterocycles. The number of ether oxygens (including phenoxy) is 2. The summed E-state index contributed by atoms with van der Waals surface area (Å²) in [5.74, 6) is -2.44. The van der Waals surface area contributed by atoms with Crippen LogP contribution in [0.1, 0.15) is 39.3 Å². The Morgan fingerprint density at radius 3 is 2.68 bits per heavy atom. The van der Waals surface area contributed by atoms with E-state index < -0.39 is 34.3 Å². The number of likely N-dealkylation sites (N-methyl/N-ethyl adjacent to an activating group) is 1. The lowest BCUT2D eigenvalue weighted by molar-refractivity contribution is -0.0190. The van der Waals surface area contributed by atoms with Gasteiger partial charge in [0.1, 0.15) is 16.3 Å². The molecule has 2 N–H and O–H groups in total. The Morgan fingerprint density at radius 2 is 2.03 bits per heavy atom. The molecule has 1 aliphatic carbocycles. The van der Waals surface area contributed by atoms with Gasteiger partial charge in [-0.2, -0.15) is 0 Å². The number of fused-ring (bicyclic) bond motifs is 2. The molecule has 1 spiro atoms. The van der Waals surface area contributed by atoms with Gasteiger partial charge in [-0.25, -0.2) is 4.39 Å². The highest BCUT2D eigenvalue weighted by Crippen LogP contribution is 2.48. The van der Waals surface area contributed by atoms with Crippen molar-refractivity contribution in [2.75, 3.05) is 34.4 Å². The van der Waals surface area contributed by atoms with Gasteiger partial charge in [-0.3, -0.25) is 14.4 Å². The minimum absolute atomic E-state index is 0.0936. The molecule has 0 atom stereocenters. The van der Waals surface area contributed by atoms with Crippen molar-refractivity contribution in [3.63, 3.8) is 0 Å². The van der Waals surface area contributed by atoms with Gasteiger partial charge >= 0.3 is 0 Å². The van der Waals surface area contributed by atoms with Gasteiger partial charge in [0.25, 0.3) is 11.8 Å². The molecule has 0 bridgehead atoms. The van der Waals surface area contributed by atoms with Crippen LogP contribution >= 0.6 is 11.6 Å². The Balaban J connectivity index is 1.66. The Kier molecular flexibility index (Phi) is 6.30. The zero-order valence-electron chi connectivity index (χ0n) is 19.0. The van der Waals surface area contributed by atoms with Crippen LogP contribution in [0.4, 0.5) is 4.39 Å². The molecule has 34 heavy (non-hydrogen) atoms. The van der Waals surface area contributed by atoms with Gasteiger partial charge in [0, 0.05) is 45.6 Å². The van der Waals surface area contributed by atoms with Crippen molar-refractivity contribution in [3.05, 3.63) is 56.2 Å². The lowest BCUT2D eigenvalue weighted by Gasteiger charge is -2.54. The van der Waals surface area contributed by atoms with Gasteiger partial charge in [-0.15, -0.1) is 0 Å². The highest BCUT2D eigenvalue weighted by atomic mass is 35.5. The molecule has 2 aromatic rings. The first-order valence-electron chi connectivity index (χ1n) is 10.7. The fourth-order valence-corrected chi connectivity index (χ4v) is 5.20. The number of aromatic nitrogens is 1. The molecule has 1 aromatic carbocycles. The van der Waals surface area contributed by atoms with Crippen molar-refractivity contribution in [2.45, 2.75) is 24.9 Å². The van der Waals surface area contributed by atoms with E-state index in [0.29, 0.717) is 26.0 Å². The number of carbonyl (C=O) groups is 2. The molecule has 2 aliphatic rings. The van der Waals surface area contributed by atoms with Crippen LogP contribution in [0.2, 0.25) is 5.02 Å². The summed E-state index contributed by atoms with van der Waals surface area (Å²) in [6.45, 7) is 0.668. The third-order valence-corrected chi connectivity index (χ3v) is 6.90. The highest BCUT2D eigenvalue weighted by molar-refractivity contribution is 6.32. The first-order valence-corrected chi connectivity index (χ1v) is 11.0. The molecule has 182 valence electrons. The van der Waals surface area contributed by atoms with Gasteiger partial charge in [-0.05, 0) is 24.8 Å². The second kappa shape index (κ2) is 8.92. The minimum Gasteiger partial charge on any atom is -0.503 e. The molecule has 11 heteroatoms. The number of aromatic hydroxyl groups is 1. The topological polar surface area (TPSA) is 110 Å². The van der Waals surface area contributed by atoms with E-state index in [2.05, 4.69) is 5.32 Å². The van der Waals surface area contributed by atoms with Crippen molar-refractivity contribution in [3.8, 4) is 11.5 Å². The number of methoxy groups -OCH3 is 2. The average Bonchev–Trinajstić information content (AvgIpc) is 2.78. The first kappa shape index (κ1) is 24.0. The van der Waals surface area contributed by atoms with Gasteiger partial charge in [0.2, 0.25) is 5.43 Å². The second-order valence-electron chi connectivity index (χ2n) is 8.79. The summed E-state index contributed by atoms with van der Waals surface area (Å²) >= 11 is 5.93. The molecule has 0 unspecified atom stereocenters. The van der Waals surface area contributed by atoms with Crippen LogP contribution < -0.4 is 15.5 Å². The fourth-order valence-electron chi connectivity index (χ4n) is 4.94. The van der Waals surface area contributed by atoms with E-state index in [0.717, 1.165) is 0 Å². The smallest absolute Gasteiger partial charge is 0.274 e. The average molecular weight is 494 g/mol. The molecule has 0 radical (unpaired) electrons.